The average Bonchev–Trinajstić information content (AvgIpc) is 2.19. The van der Waals surface area contributed by atoms with Gasteiger partial charge in [0, 0.05) is 6.07 Å². The van der Waals surface area contributed by atoms with Crippen LogP contribution < -0.4 is 4.74 Å². The van der Waals surface area contributed by atoms with Crippen molar-refractivity contribution < 1.29 is 14.2 Å². The molecule has 2 nitrogen and oxygen atoms in total. The van der Waals surface area contributed by atoms with E-state index in [1.54, 1.807) is 0 Å². The minimum Gasteiger partial charge on any atom is -0.491 e. The van der Waals surface area contributed by atoms with Gasteiger partial charge in [-0.05, 0) is 12.1 Å². The Kier molecular flexibility index (Phi) is 4.45. The molecule has 1 rings (SSSR count). The first-order valence-corrected chi connectivity index (χ1v) is 4.86. The number of halogens is 3. The van der Waals surface area contributed by atoms with Crippen molar-refractivity contribution in [1.82, 2.24) is 0 Å². The van der Waals surface area contributed by atoms with Crippen molar-refractivity contribution in [2.75, 3.05) is 12.5 Å². The Bertz CT molecular complexity index is 307. The highest BCUT2D eigenvalue weighted by Gasteiger charge is 2.05. The Balaban J connectivity index is 2.55. The summed E-state index contributed by atoms with van der Waals surface area (Å²) in [5, 5.41) is 9.10. The number of rotatable bonds is 4. The van der Waals surface area contributed by atoms with Crippen LogP contribution in [-0.4, -0.2) is 23.7 Å². The summed E-state index contributed by atoms with van der Waals surface area (Å²) < 4.78 is 17.9. The highest BCUT2D eigenvalue weighted by Crippen LogP contribution is 2.20. The zero-order chi connectivity index (χ0) is 10.6. The molecule has 0 heterocycles. The predicted octanol–water partition coefficient (Wildman–Crippen LogP) is 2.46. The van der Waals surface area contributed by atoms with Crippen molar-refractivity contribution in [3.63, 3.8) is 0 Å². The molecule has 0 fully saturated rings. The van der Waals surface area contributed by atoms with E-state index >= 15 is 0 Å². The first-order valence-electron chi connectivity index (χ1n) is 3.95. The van der Waals surface area contributed by atoms with Crippen molar-refractivity contribution in [2.45, 2.75) is 6.10 Å². The monoisotopic (exact) mass is 238 g/mol. The van der Waals surface area contributed by atoms with Gasteiger partial charge in [0.1, 0.15) is 24.3 Å². The van der Waals surface area contributed by atoms with E-state index < -0.39 is 11.9 Å². The average molecular weight is 239 g/mol. The summed E-state index contributed by atoms with van der Waals surface area (Å²) >= 11 is 10.8. The first-order chi connectivity index (χ1) is 6.63. The van der Waals surface area contributed by atoms with Crippen LogP contribution in [0.5, 0.6) is 5.75 Å². The van der Waals surface area contributed by atoms with Gasteiger partial charge in [-0.15, -0.1) is 11.6 Å². The van der Waals surface area contributed by atoms with E-state index in [2.05, 4.69) is 0 Å². The molecule has 0 aliphatic heterocycles. The third-order valence-corrected chi connectivity index (χ3v) is 2.17. The van der Waals surface area contributed by atoms with Gasteiger partial charge in [0.2, 0.25) is 0 Å². The number of aliphatic hydroxyl groups excluding tert-OH is 1. The summed E-state index contributed by atoms with van der Waals surface area (Å²) in [7, 11) is 0. The van der Waals surface area contributed by atoms with Crippen LogP contribution in [0.15, 0.2) is 18.2 Å². The van der Waals surface area contributed by atoms with Crippen LogP contribution in [0.2, 0.25) is 5.02 Å². The highest BCUT2D eigenvalue weighted by atomic mass is 35.5. The van der Waals surface area contributed by atoms with E-state index in [1.165, 1.54) is 12.1 Å². The fourth-order valence-corrected chi connectivity index (χ4v) is 1.01. The van der Waals surface area contributed by atoms with Crippen LogP contribution in [0, 0.1) is 5.82 Å². The van der Waals surface area contributed by atoms with Gasteiger partial charge in [-0.1, -0.05) is 11.6 Å². The maximum atomic E-state index is 12.9. The Morgan fingerprint density at radius 3 is 2.79 bits per heavy atom. The SMILES string of the molecule is OC(CCl)COc1ccc(Cl)c(F)c1. The summed E-state index contributed by atoms with van der Waals surface area (Å²) in [6.45, 7) is 0.0323. The van der Waals surface area contributed by atoms with Crippen LogP contribution in [-0.2, 0) is 0 Å². The van der Waals surface area contributed by atoms with Gasteiger partial charge in [0.15, 0.2) is 0 Å². The molecule has 0 aromatic heterocycles. The smallest absolute Gasteiger partial charge is 0.145 e. The minimum absolute atomic E-state index is 0.0323. The Morgan fingerprint density at radius 1 is 1.50 bits per heavy atom. The summed E-state index contributed by atoms with van der Waals surface area (Å²) in [6.07, 6.45) is -0.754. The third-order valence-electron chi connectivity index (χ3n) is 1.51. The Labute approximate surface area is 91.2 Å². The summed E-state index contributed by atoms with van der Waals surface area (Å²) in [6, 6.07) is 4.06. The molecule has 0 saturated carbocycles. The maximum absolute atomic E-state index is 12.9. The lowest BCUT2D eigenvalue weighted by Crippen LogP contribution is -2.18. The van der Waals surface area contributed by atoms with E-state index in [4.69, 9.17) is 33.0 Å². The molecule has 0 spiro atoms. The molecule has 14 heavy (non-hydrogen) atoms. The predicted molar refractivity (Wildman–Crippen MR) is 53.6 cm³/mol. The standard InChI is InChI=1S/C9H9Cl2FO2/c10-4-6(13)5-14-7-1-2-8(11)9(12)3-7/h1-3,6,13H,4-5H2. The first kappa shape index (κ1) is 11.6. The lowest BCUT2D eigenvalue weighted by Gasteiger charge is -2.09. The van der Waals surface area contributed by atoms with Gasteiger partial charge >= 0.3 is 0 Å². The summed E-state index contributed by atoms with van der Waals surface area (Å²) in [4.78, 5) is 0. The molecule has 1 N–H and O–H groups in total. The summed E-state index contributed by atoms with van der Waals surface area (Å²) in [5.74, 6) is -0.156. The fraction of sp³-hybridized carbons (Fsp3) is 0.333. The lowest BCUT2D eigenvalue weighted by molar-refractivity contribution is 0.125. The highest BCUT2D eigenvalue weighted by molar-refractivity contribution is 6.30. The molecule has 1 aromatic rings. The van der Waals surface area contributed by atoms with Crippen molar-refractivity contribution >= 4 is 23.2 Å². The zero-order valence-electron chi connectivity index (χ0n) is 7.21. The normalized spacial score (nSPS) is 12.6. The van der Waals surface area contributed by atoms with Crippen molar-refractivity contribution in [3.05, 3.63) is 29.0 Å². The van der Waals surface area contributed by atoms with Gasteiger partial charge in [-0.25, -0.2) is 4.39 Å². The van der Waals surface area contributed by atoms with E-state index in [9.17, 15) is 4.39 Å². The Hall–Kier alpha value is -0.510. The zero-order valence-corrected chi connectivity index (χ0v) is 8.72. The molecule has 0 saturated heterocycles. The van der Waals surface area contributed by atoms with E-state index in [0.717, 1.165) is 6.07 Å². The van der Waals surface area contributed by atoms with Crippen LogP contribution in [0.25, 0.3) is 0 Å². The molecule has 0 amide bonds. The van der Waals surface area contributed by atoms with E-state index in [0.29, 0.717) is 5.75 Å². The molecule has 0 aliphatic rings. The number of ether oxygens (including phenoxy) is 1. The van der Waals surface area contributed by atoms with Crippen LogP contribution in [0.4, 0.5) is 4.39 Å². The molecule has 0 aliphatic carbocycles. The minimum atomic E-state index is -0.754. The summed E-state index contributed by atoms with van der Waals surface area (Å²) in [5.41, 5.74) is 0. The molecule has 0 bridgehead atoms. The van der Waals surface area contributed by atoms with E-state index in [1.807, 2.05) is 0 Å². The number of hydrogen-bond donors (Lipinski definition) is 1. The second-order valence-corrected chi connectivity index (χ2v) is 3.41. The van der Waals surface area contributed by atoms with Gasteiger partial charge in [-0.2, -0.15) is 0 Å². The van der Waals surface area contributed by atoms with Crippen molar-refractivity contribution in [1.29, 1.82) is 0 Å². The van der Waals surface area contributed by atoms with Gasteiger partial charge in [-0.3, -0.25) is 0 Å². The van der Waals surface area contributed by atoms with Crippen LogP contribution >= 0.6 is 23.2 Å². The number of aliphatic hydroxyl groups is 1. The molecule has 1 aromatic carbocycles. The molecule has 78 valence electrons. The molecule has 1 unspecified atom stereocenters. The molecule has 5 heteroatoms. The quantitative estimate of drug-likeness (QED) is 0.817. The van der Waals surface area contributed by atoms with Crippen LogP contribution in [0.1, 0.15) is 0 Å². The Morgan fingerprint density at radius 2 is 2.21 bits per heavy atom. The lowest BCUT2D eigenvalue weighted by atomic mass is 10.3. The van der Waals surface area contributed by atoms with Gasteiger partial charge in [0.25, 0.3) is 0 Å². The topological polar surface area (TPSA) is 29.5 Å². The molecular formula is C9H9Cl2FO2. The second-order valence-electron chi connectivity index (χ2n) is 2.70. The molecule has 0 radical (unpaired) electrons. The maximum Gasteiger partial charge on any atom is 0.145 e. The molecule has 1 atom stereocenters. The number of benzene rings is 1. The second kappa shape index (κ2) is 5.39. The number of hydrogen-bond acceptors (Lipinski definition) is 2. The largest absolute Gasteiger partial charge is 0.491 e. The van der Waals surface area contributed by atoms with E-state index in [-0.39, 0.29) is 17.5 Å². The van der Waals surface area contributed by atoms with Crippen molar-refractivity contribution in [2.24, 2.45) is 0 Å². The van der Waals surface area contributed by atoms with Crippen LogP contribution in [0.3, 0.4) is 0 Å². The van der Waals surface area contributed by atoms with Gasteiger partial charge in [0.05, 0.1) is 10.9 Å². The van der Waals surface area contributed by atoms with Crippen molar-refractivity contribution in [3.8, 4) is 5.75 Å². The van der Waals surface area contributed by atoms with Gasteiger partial charge < -0.3 is 9.84 Å². The fourth-order valence-electron chi connectivity index (χ4n) is 0.804. The number of alkyl halides is 1. The molecular weight excluding hydrogens is 230 g/mol. The third kappa shape index (κ3) is 3.33.